The molecule has 0 radical (unpaired) electrons. The minimum atomic E-state index is -0.321. The van der Waals surface area contributed by atoms with Crippen molar-refractivity contribution in [1.29, 1.82) is 0 Å². The number of benzene rings is 1. The van der Waals surface area contributed by atoms with E-state index in [-0.39, 0.29) is 17.1 Å². The van der Waals surface area contributed by atoms with Gasteiger partial charge in [-0.2, -0.15) is 0 Å². The number of nitrogens with one attached hydrogen (secondary N) is 1. The number of hydrogen-bond acceptors (Lipinski definition) is 2. The summed E-state index contributed by atoms with van der Waals surface area (Å²) in [5, 5.41) is 12.5. The average molecular weight is 203 g/mol. The monoisotopic (exact) mass is 203 g/mol. The van der Waals surface area contributed by atoms with Gasteiger partial charge in [-0.15, -0.1) is 0 Å². The number of aryl methyl sites for hydroxylation is 1. The molecule has 1 aliphatic heterocycles. The van der Waals surface area contributed by atoms with E-state index in [1.807, 2.05) is 6.92 Å². The van der Waals surface area contributed by atoms with Crippen LogP contribution in [0, 0.1) is 6.92 Å². The lowest BCUT2D eigenvalue weighted by Crippen LogP contribution is -2.40. The van der Waals surface area contributed by atoms with Crippen LogP contribution in [0.25, 0.3) is 0 Å². The second-order valence-electron chi connectivity index (χ2n) is 4.58. The Kier molecular flexibility index (Phi) is 1.48. The van der Waals surface area contributed by atoms with E-state index in [4.69, 9.17) is 0 Å². The van der Waals surface area contributed by atoms with Gasteiger partial charge >= 0.3 is 0 Å². The Hall–Kier alpha value is -1.51. The third-order valence-electron chi connectivity index (χ3n) is 3.72. The highest BCUT2D eigenvalue weighted by Gasteiger charge is 2.51. The van der Waals surface area contributed by atoms with E-state index in [0.29, 0.717) is 0 Å². The highest BCUT2D eigenvalue weighted by Crippen LogP contribution is 2.52. The third-order valence-corrected chi connectivity index (χ3v) is 3.72. The highest BCUT2D eigenvalue weighted by molar-refractivity contribution is 6.07. The van der Waals surface area contributed by atoms with Gasteiger partial charge in [0.1, 0.15) is 5.75 Å². The van der Waals surface area contributed by atoms with E-state index in [2.05, 4.69) is 5.32 Å². The fraction of sp³-hybridized carbons (Fsp3) is 0.417. The molecule has 1 aromatic carbocycles. The van der Waals surface area contributed by atoms with Crippen LogP contribution >= 0.6 is 0 Å². The summed E-state index contributed by atoms with van der Waals surface area (Å²) < 4.78 is 0. The SMILES string of the molecule is Cc1cc(O)cc2c1NC(=O)C21CCC1. The molecule has 2 N–H and O–H groups in total. The van der Waals surface area contributed by atoms with E-state index in [1.165, 1.54) is 0 Å². The smallest absolute Gasteiger partial charge is 0.235 e. The molecule has 78 valence electrons. The van der Waals surface area contributed by atoms with Crippen molar-refractivity contribution in [2.75, 3.05) is 5.32 Å². The Morgan fingerprint density at radius 1 is 1.40 bits per heavy atom. The maximum atomic E-state index is 11.9. The largest absolute Gasteiger partial charge is 0.508 e. The topological polar surface area (TPSA) is 49.3 Å². The zero-order chi connectivity index (χ0) is 10.6. The second-order valence-corrected chi connectivity index (χ2v) is 4.58. The van der Waals surface area contributed by atoms with E-state index in [0.717, 1.165) is 36.1 Å². The number of aromatic hydroxyl groups is 1. The van der Waals surface area contributed by atoms with Gasteiger partial charge in [-0.25, -0.2) is 0 Å². The van der Waals surface area contributed by atoms with Crippen LogP contribution in [0.2, 0.25) is 0 Å². The quantitative estimate of drug-likeness (QED) is 0.634. The van der Waals surface area contributed by atoms with Crippen LogP contribution in [0.15, 0.2) is 12.1 Å². The predicted molar refractivity (Wildman–Crippen MR) is 57.0 cm³/mol. The molecule has 3 heteroatoms. The number of amides is 1. The molecule has 1 fully saturated rings. The lowest BCUT2D eigenvalue weighted by molar-refractivity contribution is -0.123. The van der Waals surface area contributed by atoms with Crippen LogP contribution in [0.1, 0.15) is 30.4 Å². The number of phenols is 1. The van der Waals surface area contributed by atoms with Crippen molar-refractivity contribution in [1.82, 2.24) is 0 Å². The lowest BCUT2D eigenvalue weighted by atomic mass is 9.65. The first-order valence-corrected chi connectivity index (χ1v) is 5.29. The first kappa shape index (κ1) is 8.77. The van der Waals surface area contributed by atoms with Gasteiger partial charge in [0, 0.05) is 5.69 Å². The summed E-state index contributed by atoms with van der Waals surface area (Å²) in [4.78, 5) is 11.9. The van der Waals surface area contributed by atoms with Gasteiger partial charge in [-0.3, -0.25) is 4.79 Å². The molecule has 1 spiro atoms. The Labute approximate surface area is 88.1 Å². The molecule has 0 aromatic heterocycles. The molecule has 2 aliphatic rings. The molecule has 3 rings (SSSR count). The van der Waals surface area contributed by atoms with Gasteiger partial charge in [0.15, 0.2) is 0 Å². The van der Waals surface area contributed by atoms with Crippen LogP contribution in [0.3, 0.4) is 0 Å². The van der Waals surface area contributed by atoms with Crippen molar-refractivity contribution >= 4 is 11.6 Å². The van der Waals surface area contributed by atoms with Gasteiger partial charge in [0.25, 0.3) is 0 Å². The van der Waals surface area contributed by atoms with E-state index in [9.17, 15) is 9.90 Å². The predicted octanol–water partition coefficient (Wildman–Crippen LogP) is 2.07. The molecule has 0 bridgehead atoms. The summed E-state index contributed by atoms with van der Waals surface area (Å²) >= 11 is 0. The number of carbonyl (C=O) groups is 1. The zero-order valence-corrected chi connectivity index (χ0v) is 8.63. The molecule has 0 saturated heterocycles. The first-order chi connectivity index (χ1) is 7.13. The van der Waals surface area contributed by atoms with Crippen molar-refractivity contribution in [2.45, 2.75) is 31.6 Å². The van der Waals surface area contributed by atoms with Crippen molar-refractivity contribution in [3.63, 3.8) is 0 Å². The number of anilines is 1. The van der Waals surface area contributed by atoms with Crippen molar-refractivity contribution in [2.24, 2.45) is 0 Å². The summed E-state index contributed by atoms with van der Waals surface area (Å²) in [6.07, 6.45) is 2.92. The molecule has 3 nitrogen and oxygen atoms in total. The molecule has 1 amide bonds. The summed E-state index contributed by atoms with van der Waals surface area (Å²) in [6, 6.07) is 3.43. The Morgan fingerprint density at radius 3 is 2.73 bits per heavy atom. The fourth-order valence-electron chi connectivity index (χ4n) is 2.69. The van der Waals surface area contributed by atoms with Crippen molar-refractivity contribution in [3.8, 4) is 5.75 Å². The fourth-order valence-corrected chi connectivity index (χ4v) is 2.69. The molecule has 0 atom stereocenters. The van der Waals surface area contributed by atoms with Crippen LogP contribution < -0.4 is 5.32 Å². The number of phenolic OH excluding ortho intramolecular Hbond substituents is 1. The van der Waals surface area contributed by atoms with Crippen LogP contribution in [0.5, 0.6) is 5.75 Å². The first-order valence-electron chi connectivity index (χ1n) is 5.29. The van der Waals surface area contributed by atoms with Crippen LogP contribution in [0.4, 0.5) is 5.69 Å². The van der Waals surface area contributed by atoms with Gasteiger partial charge in [0.05, 0.1) is 5.41 Å². The number of rotatable bonds is 0. The second kappa shape index (κ2) is 2.54. The van der Waals surface area contributed by atoms with Crippen molar-refractivity contribution in [3.05, 3.63) is 23.3 Å². The number of carbonyl (C=O) groups excluding carboxylic acids is 1. The summed E-state index contributed by atoms with van der Waals surface area (Å²) in [6.45, 7) is 1.91. The lowest BCUT2D eigenvalue weighted by Gasteiger charge is -2.36. The standard InChI is InChI=1S/C12H13NO2/c1-7-5-8(14)6-9-10(7)13-11(15)12(9)3-2-4-12/h5-6,14H,2-4H2,1H3,(H,13,15). The van der Waals surface area contributed by atoms with Gasteiger partial charge in [0.2, 0.25) is 5.91 Å². The summed E-state index contributed by atoms with van der Waals surface area (Å²) in [5.41, 5.74) is 2.54. The Morgan fingerprint density at radius 2 is 2.13 bits per heavy atom. The van der Waals surface area contributed by atoms with Gasteiger partial charge in [-0.1, -0.05) is 6.42 Å². The molecule has 15 heavy (non-hydrogen) atoms. The van der Waals surface area contributed by atoms with Crippen LogP contribution in [-0.2, 0) is 10.2 Å². The van der Waals surface area contributed by atoms with Gasteiger partial charge in [-0.05, 0) is 43.0 Å². The molecular weight excluding hydrogens is 190 g/mol. The molecule has 0 unspecified atom stereocenters. The highest BCUT2D eigenvalue weighted by atomic mass is 16.3. The van der Waals surface area contributed by atoms with E-state index >= 15 is 0 Å². The minimum Gasteiger partial charge on any atom is -0.508 e. The molecule has 1 heterocycles. The normalized spacial score (nSPS) is 21.0. The van der Waals surface area contributed by atoms with E-state index < -0.39 is 0 Å². The van der Waals surface area contributed by atoms with E-state index in [1.54, 1.807) is 12.1 Å². The maximum Gasteiger partial charge on any atom is 0.235 e. The number of hydrogen-bond donors (Lipinski definition) is 2. The Balaban J connectivity index is 2.24. The van der Waals surface area contributed by atoms with Crippen molar-refractivity contribution < 1.29 is 9.90 Å². The zero-order valence-electron chi connectivity index (χ0n) is 8.63. The molecule has 1 aliphatic carbocycles. The molecular formula is C12H13NO2. The third kappa shape index (κ3) is 0.928. The molecule has 1 aromatic rings. The average Bonchev–Trinajstić information content (AvgIpc) is 2.37. The van der Waals surface area contributed by atoms with Gasteiger partial charge < -0.3 is 10.4 Å². The van der Waals surface area contributed by atoms with Crippen LogP contribution in [-0.4, -0.2) is 11.0 Å². The minimum absolute atomic E-state index is 0.109. The summed E-state index contributed by atoms with van der Waals surface area (Å²) in [7, 11) is 0. The molecule has 1 saturated carbocycles. The summed E-state index contributed by atoms with van der Waals surface area (Å²) in [5.74, 6) is 0.367. The Bertz CT molecular complexity index is 461. The number of fused-ring (bicyclic) bond motifs is 2. The maximum absolute atomic E-state index is 11.9.